The van der Waals surface area contributed by atoms with Crippen LogP contribution in [0.5, 0.6) is 0 Å². The first-order valence-electron chi connectivity index (χ1n) is 16.0. The second-order valence-corrected chi connectivity index (χ2v) is 13.2. The highest BCUT2D eigenvalue weighted by molar-refractivity contribution is 5.92. The molecule has 2 unspecified atom stereocenters. The second kappa shape index (κ2) is 16.8. The van der Waals surface area contributed by atoms with Crippen molar-refractivity contribution in [2.75, 3.05) is 6.54 Å². The topological polar surface area (TPSA) is 87.7 Å². The highest BCUT2D eigenvalue weighted by atomic mass is 16.6. The first kappa shape index (κ1) is 34.6. The van der Waals surface area contributed by atoms with Crippen molar-refractivity contribution in [2.24, 2.45) is 5.92 Å². The SMILES string of the molecule is CCCCCCCCN(C(=O)C(NC(=O)OC(C)(C)C)C(C)C)C(C(=O)NC1CCCCC1)c1cccc(C)c1C. The Morgan fingerprint density at radius 1 is 0.976 bits per heavy atom. The van der Waals surface area contributed by atoms with Crippen molar-refractivity contribution in [1.82, 2.24) is 15.5 Å². The minimum Gasteiger partial charge on any atom is -0.444 e. The Morgan fingerprint density at radius 3 is 2.22 bits per heavy atom. The molecule has 7 nitrogen and oxygen atoms in total. The molecule has 1 aliphatic carbocycles. The van der Waals surface area contributed by atoms with E-state index in [1.807, 2.05) is 45.9 Å². The van der Waals surface area contributed by atoms with Crippen LogP contribution in [0.2, 0.25) is 0 Å². The van der Waals surface area contributed by atoms with E-state index in [2.05, 4.69) is 17.6 Å². The number of carbonyl (C=O) groups is 3. The van der Waals surface area contributed by atoms with Gasteiger partial charge in [0, 0.05) is 12.6 Å². The Hall–Kier alpha value is -2.57. The van der Waals surface area contributed by atoms with Crippen molar-refractivity contribution in [3.8, 4) is 0 Å². The smallest absolute Gasteiger partial charge is 0.408 e. The van der Waals surface area contributed by atoms with Gasteiger partial charge in [0.2, 0.25) is 11.8 Å². The largest absolute Gasteiger partial charge is 0.444 e. The predicted octanol–water partition coefficient (Wildman–Crippen LogP) is 7.53. The first-order chi connectivity index (χ1) is 19.4. The van der Waals surface area contributed by atoms with Gasteiger partial charge >= 0.3 is 6.09 Å². The maximum Gasteiger partial charge on any atom is 0.408 e. The molecule has 1 aromatic carbocycles. The van der Waals surface area contributed by atoms with E-state index in [9.17, 15) is 14.4 Å². The molecule has 0 bridgehead atoms. The highest BCUT2D eigenvalue weighted by Crippen LogP contribution is 2.30. The molecule has 0 saturated heterocycles. The Kier molecular flexibility index (Phi) is 14.2. The summed E-state index contributed by atoms with van der Waals surface area (Å²) in [7, 11) is 0. The van der Waals surface area contributed by atoms with Crippen LogP contribution in [0.25, 0.3) is 0 Å². The van der Waals surface area contributed by atoms with Crippen molar-refractivity contribution in [1.29, 1.82) is 0 Å². The molecule has 0 radical (unpaired) electrons. The number of hydrogen-bond donors (Lipinski definition) is 2. The van der Waals surface area contributed by atoms with Crippen LogP contribution in [-0.2, 0) is 14.3 Å². The number of carbonyl (C=O) groups excluding carboxylic acids is 3. The minimum absolute atomic E-state index is 0.121. The van der Waals surface area contributed by atoms with Gasteiger partial charge in [-0.3, -0.25) is 9.59 Å². The lowest BCUT2D eigenvalue weighted by molar-refractivity contribution is -0.143. The maximum atomic E-state index is 14.4. The normalized spacial score (nSPS) is 15.7. The van der Waals surface area contributed by atoms with Crippen molar-refractivity contribution in [3.05, 3.63) is 34.9 Å². The number of rotatable bonds is 14. The van der Waals surface area contributed by atoms with Gasteiger partial charge in [0.25, 0.3) is 0 Å². The monoisotopic (exact) mass is 571 g/mol. The summed E-state index contributed by atoms with van der Waals surface area (Å²) in [6.07, 6.45) is 11.1. The molecule has 0 aromatic heterocycles. The third-order valence-electron chi connectivity index (χ3n) is 8.09. The highest BCUT2D eigenvalue weighted by Gasteiger charge is 2.38. The van der Waals surface area contributed by atoms with Gasteiger partial charge in [0.05, 0.1) is 0 Å². The fraction of sp³-hybridized carbons (Fsp3) is 0.735. The summed E-state index contributed by atoms with van der Waals surface area (Å²) < 4.78 is 5.51. The number of alkyl carbamates (subject to hydrolysis) is 1. The number of ether oxygens (including phenoxy) is 1. The van der Waals surface area contributed by atoms with Crippen LogP contribution in [0.3, 0.4) is 0 Å². The lowest BCUT2D eigenvalue weighted by atomic mass is 9.92. The Balaban J connectivity index is 2.48. The minimum atomic E-state index is -0.819. The molecule has 41 heavy (non-hydrogen) atoms. The molecule has 0 heterocycles. The van der Waals surface area contributed by atoms with Crippen LogP contribution < -0.4 is 10.6 Å². The number of aryl methyl sites for hydroxylation is 1. The molecule has 232 valence electrons. The summed E-state index contributed by atoms with van der Waals surface area (Å²) in [6, 6.07) is 4.50. The van der Waals surface area contributed by atoms with Crippen LogP contribution in [0.15, 0.2) is 18.2 Å². The van der Waals surface area contributed by atoms with Crippen LogP contribution in [0.1, 0.15) is 135 Å². The van der Waals surface area contributed by atoms with E-state index in [4.69, 9.17) is 4.74 Å². The Bertz CT molecular complexity index is 979. The van der Waals surface area contributed by atoms with Crippen molar-refractivity contribution in [3.63, 3.8) is 0 Å². The van der Waals surface area contributed by atoms with E-state index in [-0.39, 0.29) is 23.8 Å². The molecule has 2 rings (SSSR count). The van der Waals surface area contributed by atoms with Gasteiger partial charge in [0.1, 0.15) is 17.7 Å². The molecule has 1 aromatic rings. The van der Waals surface area contributed by atoms with E-state index in [0.717, 1.165) is 61.6 Å². The van der Waals surface area contributed by atoms with Crippen molar-refractivity contribution >= 4 is 17.9 Å². The average molecular weight is 572 g/mol. The second-order valence-electron chi connectivity index (χ2n) is 13.2. The van der Waals surface area contributed by atoms with E-state index in [1.54, 1.807) is 25.7 Å². The average Bonchev–Trinajstić information content (AvgIpc) is 2.89. The zero-order valence-electron chi connectivity index (χ0n) is 27.1. The molecule has 0 aliphatic heterocycles. The van der Waals surface area contributed by atoms with Crippen molar-refractivity contribution in [2.45, 2.75) is 150 Å². The summed E-state index contributed by atoms with van der Waals surface area (Å²) in [4.78, 5) is 43.2. The Labute approximate surface area is 249 Å². The number of nitrogens with one attached hydrogen (secondary N) is 2. The van der Waals surface area contributed by atoms with Gasteiger partial charge in [-0.1, -0.05) is 90.3 Å². The van der Waals surface area contributed by atoms with E-state index >= 15 is 0 Å². The van der Waals surface area contributed by atoms with Gasteiger partial charge < -0.3 is 20.3 Å². The fourth-order valence-corrected chi connectivity index (χ4v) is 5.60. The zero-order valence-corrected chi connectivity index (χ0v) is 27.1. The van der Waals surface area contributed by atoms with E-state index in [0.29, 0.717) is 6.54 Å². The molecular formula is C34H57N3O4. The van der Waals surface area contributed by atoms with Gasteiger partial charge in [0.15, 0.2) is 0 Å². The van der Waals surface area contributed by atoms with Gasteiger partial charge in [-0.25, -0.2) is 4.79 Å². The fourth-order valence-electron chi connectivity index (χ4n) is 5.60. The lowest BCUT2D eigenvalue weighted by Crippen LogP contribution is -2.55. The molecule has 2 N–H and O–H groups in total. The van der Waals surface area contributed by atoms with Gasteiger partial charge in [-0.2, -0.15) is 0 Å². The number of hydrogen-bond acceptors (Lipinski definition) is 4. The molecule has 0 spiro atoms. The number of nitrogens with zero attached hydrogens (tertiary/aromatic N) is 1. The summed E-state index contributed by atoms with van der Waals surface area (Å²) >= 11 is 0. The maximum absolute atomic E-state index is 14.4. The van der Waals surface area contributed by atoms with Crippen molar-refractivity contribution < 1.29 is 19.1 Å². The number of amides is 3. The van der Waals surface area contributed by atoms with Gasteiger partial charge in [-0.15, -0.1) is 0 Å². The van der Waals surface area contributed by atoms with Gasteiger partial charge in [-0.05, 0) is 76.5 Å². The molecule has 1 fully saturated rings. The molecule has 1 saturated carbocycles. The standard InChI is InChI=1S/C34H57N3O4/c1-9-10-11-12-13-17-23-37(32(39)29(24(2)3)36-33(40)41-34(6,7)8)30(28-22-18-19-25(4)26(28)5)31(38)35-27-20-15-14-16-21-27/h18-19,22,24,27,29-30H,9-17,20-21,23H2,1-8H3,(H,35,38)(H,36,40). The first-order valence-corrected chi connectivity index (χ1v) is 16.0. The summed E-state index contributed by atoms with van der Waals surface area (Å²) in [5, 5.41) is 6.15. The summed E-state index contributed by atoms with van der Waals surface area (Å²) in [5.41, 5.74) is 2.25. The predicted molar refractivity (Wildman–Crippen MR) is 167 cm³/mol. The zero-order chi connectivity index (χ0) is 30.6. The van der Waals surface area contributed by atoms with Crippen LogP contribution in [0.4, 0.5) is 4.79 Å². The quantitative estimate of drug-likeness (QED) is 0.226. The lowest BCUT2D eigenvalue weighted by Gasteiger charge is -2.37. The third-order valence-corrected chi connectivity index (χ3v) is 8.09. The van der Waals surface area contributed by atoms with E-state index < -0.39 is 23.8 Å². The van der Waals surface area contributed by atoms with Crippen LogP contribution in [-0.4, -0.2) is 47.0 Å². The van der Waals surface area contributed by atoms with E-state index in [1.165, 1.54) is 25.7 Å². The molecule has 3 amide bonds. The summed E-state index contributed by atoms with van der Waals surface area (Å²) in [6.45, 7) is 15.9. The third kappa shape index (κ3) is 11.3. The summed E-state index contributed by atoms with van der Waals surface area (Å²) in [5.74, 6) is -0.573. The Morgan fingerprint density at radius 2 is 1.61 bits per heavy atom. The van der Waals surface area contributed by atoms with Crippen LogP contribution in [0, 0.1) is 19.8 Å². The number of unbranched alkanes of at least 4 members (excludes halogenated alkanes) is 5. The van der Waals surface area contributed by atoms with Crippen LogP contribution >= 0.6 is 0 Å². The molecule has 7 heteroatoms. The molecule has 2 atom stereocenters. The molecule has 1 aliphatic rings. The number of benzene rings is 1. The molecular weight excluding hydrogens is 514 g/mol.